The van der Waals surface area contributed by atoms with Crippen molar-refractivity contribution >= 4 is 17.4 Å². The largest absolute Gasteiger partial charge is 0.385 e. The van der Waals surface area contributed by atoms with Crippen LogP contribution in [0.5, 0.6) is 0 Å². The van der Waals surface area contributed by atoms with Crippen LogP contribution in [0.15, 0.2) is 36.5 Å². The quantitative estimate of drug-likeness (QED) is 0.747. The molecule has 1 aliphatic heterocycles. The van der Waals surface area contributed by atoms with Crippen molar-refractivity contribution in [2.45, 2.75) is 20.3 Å². The Morgan fingerprint density at radius 3 is 2.54 bits per heavy atom. The van der Waals surface area contributed by atoms with E-state index in [1.54, 1.807) is 13.3 Å². The molecule has 0 aliphatic carbocycles. The van der Waals surface area contributed by atoms with Crippen LogP contribution in [-0.2, 0) is 4.74 Å². The van der Waals surface area contributed by atoms with Gasteiger partial charge in [-0.1, -0.05) is 12.1 Å². The number of nitrogens with zero attached hydrogens (tertiary/aromatic N) is 3. The summed E-state index contributed by atoms with van der Waals surface area (Å²) in [5, 5.41) is 2.89. The van der Waals surface area contributed by atoms with Gasteiger partial charge in [-0.25, -0.2) is 4.98 Å². The van der Waals surface area contributed by atoms with E-state index in [0.29, 0.717) is 18.7 Å². The zero-order valence-electron chi connectivity index (χ0n) is 17.1. The van der Waals surface area contributed by atoms with E-state index in [0.717, 1.165) is 38.4 Å². The molecule has 1 saturated heterocycles. The fourth-order valence-corrected chi connectivity index (χ4v) is 3.48. The van der Waals surface area contributed by atoms with Crippen molar-refractivity contribution in [3.63, 3.8) is 0 Å². The van der Waals surface area contributed by atoms with Gasteiger partial charge in [0.05, 0.1) is 5.56 Å². The Morgan fingerprint density at radius 2 is 1.86 bits per heavy atom. The molecule has 1 N–H and O–H groups in total. The topological polar surface area (TPSA) is 57.7 Å². The summed E-state index contributed by atoms with van der Waals surface area (Å²) in [7, 11) is 1.66. The summed E-state index contributed by atoms with van der Waals surface area (Å²) in [5.41, 5.74) is 4.61. The maximum Gasteiger partial charge on any atom is 0.252 e. The van der Waals surface area contributed by atoms with E-state index in [1.807, 2.05) is 12.1 Å². The maximum atomic E-state index is 12.1. The molecule has 6 heteroatoms. The lowest BCUT2D eigenvalue weighted by Crippen LogP contribution is -2.47. The third kappa shape index (κ3) is 4.81. The second-order valence-electron chi connectivity index (χ2n) is 7.20. The third-order valence-corrected chi connectivity index (χ3v) is 5.34. The lowest BCUT2D eigenvalue weighted by atomic mass is 10.1. The second kappa shape index (κ2) is 9.55. The Labute approximate surface area is 167 Å². The predicted molar refractivity (Wildman–Crippen MR) is 113 cm³/mol. The molecule has 1 aromatic heterocycles. The van der Waals surface area contributed by atoms with Crippen molar-refractivity contribution in [3.05, 3.63) is 53.2 Å². The van der Waals surface area contributed by atoms with E-state index in [4.69, 9.17) is 4.74 Å². The lowest BCUT2D eigenvalue weighted by molar-refractivity contribution is 0.0948. The summed E-state index contributed by atoms with van der Waals surface area (Å²) < 4.78 is 4.99. The summed E-state index contributed by atoms with van der Waals surface area (Å²) in [6.07, 6.45) is 2.47. The zero-order valence-corrected chi connectivity index (χ0v) is 17.1. The summed E-state index contributed by atoms with van der Waals surface area (Å²) in [4.78, 5) is 21.4. The van der Waals surface area contributed by atoms with Crippen molar-refractivity contribution in [2.75, 3.05) is 56.2 Å². The highest BCUT2D eigenvalue weighted by Crippen LogP contribution is 2.25. The van der Waals surface area contributed by atoms with Crippen LogP contribution in [0.1, 0.15) is 27.9 Å². The van der Waals surface area contributed by atoms with Gasteiger partial charge in [-0.2, -0.15) is 0 Å². The van der Waals surface area contributed by atoms with Gasteiger partial charge in [-0.15, -0.1) is 0 Å². The number of benzene rings is 1. The minimum absolute atomic E-state index is 0.0881. The number of rotatable bonds is 7. The molecule has 0 bridgehead atoms. The first-order valence-corrected chi connectivity index (χ1v) is 9.89. The zero-order chi connectivity index (χ0) is 19.9. The van der Waals surface area contributed by atoms with E-state index in [2.05, 4.69) is 52.1 Å². The number of nitrogens with one attached hydrogen (secondary N) is 1. The van der Waals surface area contributed by atoms with Gasteiger partial charge < -0.3 is 19.9 Å². The molecule has 2 aromatic rings. The molecule has 1 aromatic carbocycles. The molecule has 1 amide bonds. The van der Waals surface area contributed by atoms with Crippen LogP contribution >= 0.6 is 0 Å². The van der Waals surface area contributed by atoms with Crippen molar-refractivity contribution in [2.24, 2.45) is 0 Å². The first kappa shape index (κ1) is 20.1. The van der Waals surface area contributed by atoms with Gasteiger partial charge >= 0.3 is 0 Å². The minimum atomic E-state index is -0.0881. The van der Waals surface area contributed by atoms with E-state index >= 15 is 0 Å². The third-order valence-electron chi connectivity index (χ3n) is 5.34. The molecule has 2 heterocycles. The molecule has 0 saturated carbocycles. The normalized spacial score (nSPS) is 14.2. The predicted octanol–water partition coefficient (Wildman–Crippen LogP) is 2.79. The fourth-order valence-electron chi connectivity index (χ4n) is 3.48. The average Bonchev–Trinajstić information content (AvgIpc) is 2.73. The first-order valence-electron chi connectivity index (χ1n) is 9.89. The molecule has 3 rings (SSSR count). The lowest BCUT2D eigenvalue weighted by Gasteiger charge is -2.37. The number of ether oxygens (including phenoxy) is 1. The molecule has 1 aliphatic rings. The standard InChI is InChI=1S/C22H30N4O2/c1-17-6-4-7-20(18(17)2)25-11-13-26(14-12-25)21-9-8-19(16-24-21)22(27)23-10-5-15-28-3/h4,6-9,16H,5,10-15H2,1-3H3,(H,23,27). The van der Waals surface area contributed by atoms with Crippen LogP contribution < -0.4 is 15.1 Å². The number of pyridine rings is 1. The van der Waals surface area contributed by atoms with Crippen molar-refractivity contribution in [1.29, 1.82) is 0 Å². The number of carbonyl (C=O) groups is 1. The summed E-state index contributed by atoms with van der Waals surface area (Å²) in [6.45, 7) is 9.37. The average molecular weight is 383 g/mol. The molecule has 0 radical (unpaired) electrons. The number of piperazine rings is 1. The molecular weight excluding hydrogens is 352 g/mol. The SMILES string of the molecule is COCCCNC(=O)c1ccc(N2CCN(c3cccc(C)c3C)CC2)nc1. The molecule has 0 spiro atoms. The van der Waals surface area contributed by atoms with Gasteiger partial charge in [-0.3, -0.25) is 4.79 Å². The molecule has 0 atom stereocenters. The Kier molecular flexibility index (Phi) is 6.87. The first-order chi connectivity index (χ1) is 13.6. The number of hydrogen-bond donors (Lipinski definition) is 1. The number of hydrogen-bond acceptors (Lipinski definition) is 5. The smallest absolute Gasteiger partial charge is 0.252 e. The highest BCUT2D eigenvalue weighted by Gasteiger charge is 2.20. The summed E-state index contributed by atoms with van der Waals surface area (Å²) in [5.74, 6) is 0.839. The number of amides is 1. The van der Waals surface area contributed by atoms with Gasteiger partial charge in [0.15, 0.2) is 0 Å². The van der Waals surface area contributed by atoms with Crippen LogP contribution in [0.3, 0.4) is 0 Å². The molecular formula is C22H30N4O2. The van der Waals surface area contributed by atoms with E-state index in [-0.39, 0.29) is 5.91 Å². The van der Waals surface area contributed by atoms with Crippen molar-refractivity contribution in [3.8, 4) is 0 Å². The Balaban J connectivity index is 1.54. The van der Waals surface area contributed by atoms with Gasteiger partial charge in [0, 0.05) is 58.3 Å². The van der Waals surface area contributed by atoms with Crippen LogP contribution in [0.2, 0.25) is 0 Å². The molecule has 1 fully saturated rings. The van der Waals surface area contributed by atoms with Crippen LogP contribution in [0.4, 0.5) is 11.5 Å². The molecule has 0 unspecified atom stereocenters. The number of aromatic nitrogens is 1. The van der Waals surface area contributed by atoms with Gasteiger partial charge in [0.1, 0.15) is 5.82 Å². The second-order valence-corrected chi connectivity index (χ2v) is 7.20. The number of carbonyl (C=O) groups excluding carboxylic acids is 1. The maximum absolute atomic E-state index is 12.1. The van der Waals surface area contributed by atoms with Crippen molar-refractivity contribution < 1.29 is 9.53 Å². The highest BCUT2D eigenvalue weighted by atomic mass is 16.5. The molecule has 6 nitrogen and oxygen atoms in total. The molecule has 28 heavy (non-hydrogen) atoms. The van der Waals surface area contributed by atoms with Crippen LogP contribution in [0, 0.1) is 13.8 Å². The van der Waals surface area contributed by atoms with E-state index in [9.17, 15) is 4.79 Å². The number of methoxy groups -OCH3 is 1. The van der Waals surface area contributed by atoms with Gasteiger partial charge in [-0.05, 0) is 49.6 Å². The van der Waals surface area contributed by atoms with E-state index < -0.39 is 0 Å². The van der Waals surface area contributed by atoms with Crippen LogP contribution in [0.25, 0.3) is 0 Å². The summed E-state index contributed by atoms with van der Waals surface area (Å²) >= 11 is 0. The van der Waals surface area contributed by atoms with Gasteiger partial charge in [0.25, 0.3) is 5.91 Å². The Hall–Kier alpha value is -2.60. The van der Waals surface area contributed by atoms with Gasteiger partial charge in [0.2, 0.25) is 0 Å². The van der Waals surface area contributed by atoms with Crippen LogP contribution in [-0.4, -0.2) is 57.3 Å². The monoisotopic (exact) mass is 382 g/mol. The Morgan fingerprint density at radius 1 is 1.11 bits per heavy atom. The van der Waals surface area contributed by atoms with Crippen molar-refractivity contribution in [1.82, 2.24) is 10.3 Å². The Bertz CT molecular complexity index is 784. The summed E-state index contributed by atoms with van der Waals surface area (Å²) in [6, 6.07) is 10.3. The fraction of sp³-hybridized carbons (Fsp3) is 0.455. The number of aryl methyl sites for hydroxylation is 1. The highest BCUT2D eigenvalue weighted by molar-refractivity contribution is 5.94. The molecule has 150 valence electrons. The van der Waals surface area contributed by atoms with E-state index in [1.165, 1.54) is 16.8 Å². The minimum Gasteiger partial charge on any atom is -0.385 e. The number of anilines is 2.